The molecule has 0 aliphatic carbocycles. The number of ether oxygens (including phenoxy) is 1. The Morgan fingerprint density at radius 1 is 1.16 bits per heavy atom. The molecule has 1 aliphatic rings. The molecule has 164 valence electrons. The van der Waals surface area contributed by atoms with Crippen LogP contribution in [-0.4, -0.2) is 29.9 Å². The first-order chi connectivity index (χ1) is 15.5. The Hall–Kier alpha value is -3.53. The molecule has 0 spiro atoms. The number of thioether (sulfide) groups is 1. The number of carbonyl (C=O) groups is 2. The number of rotatable bonds is 6. The first kappa shape index (κ1) is 21.7. The van der Waals surface area contributed by atoms with Gasteiger partial charge in [-0.2, -0.15) is 0 Å². The van der Waals surface area contributed by atoms with Gasteiger partial charge in [-0.25, -0.2) is 0 Å². The maximum atomic E-state index is 12.6. The molecule has 8 nitrogen and oxygen atoms in total. The zero-order valence-corrected chi connectivity index (χ0v) is 17.9. The van der Waals surface area contributed by atoms with Crippen molar-refractivity contribution >= 4 is 40.6 Å². The fourth-order valence-corrected chi connectivity index (χ4v) is 4.62. The van der Waals surface area contributed by atoms with Gasteiger partial charge in [-0.15, -0.1) is 11.8 Å². The lowest BCUT2D eigenvalue weighted by molar-refractivity contribution is -0.115. The van der Waals surface area contributed by atoms with Gasteiger partial charge in [-0.1, -0.05) is 24.3 Å². The zero-order valence-electron chi connectivity index (χ0n) is 17.1. The van der Waals surface area contributed by atoms with Crippen molar-refractivity contribution in [3.8, 4) is 5.75 Å². The molecule has 1 fully saturated rings. The van der Waals surface area contributed by atoms with Crippen LogP contribution < -0.4 is 20.2 Å². The number of methoxy groups -OCH3 is 1. The minimum absolute atomic E-state index is 0.00863. The molecule has 0 aromatic heterocycles. The predicted octanol–water partition coefficient (Wildman–Crippen LogP) is 4.42. The quantitative estimate of drug-likeness (QED) is 0.536. The van der Waals surface area contributed by atoms with E-state index in [-0.39, 0.29) is 27.8 Å². The molecule has 3 aromatic rings. The molecule has 3 aromatic carbocycles. The molecule has 1 unspecified atom stereocenters. The highest BCUT2D eigenvalue weighted by molar-refractivity contribution is 8.00. The van der Waals surface area contributed by atoms with Gasteiger partial charge in [0.1, 0.15) is 11.1 Å². The normalized spacial score (nSPS) is 15.5. The number of hydrogen-bond donors (Lipinski definition) is 2. The first-order valence-corrected chi connectivity index (χ1v) is 10.8. The summed E-state index contributed by atoms with van der Waals surface area (Å²) in [5, 5.41) is 22.4. The SMILES string of the molecule is COc1cccc(N2C(=O)CSC2c2cccc(NC(=O)c3cccc(N([O-])O)c3)c2)c1. The first-order valence-electron chi connectivity index (χ1n) is 9.71. The lowest BCUT2D eigenvalue weighted by Crippen LogP contribution is -2.27. The number of amides is 2. The van der Waals surface area contributed by atoms with E-state index >= 15 is 0 Å². The molecular weight excluding hydrogens is 430 g/mol. The van der Waals surface area contributed by atoms with Crippen LogP contribution in [0.5, 0.6) is 5.75 Å². The van der Waals surface area contributed by atoms with Crippen molar-refractivity contribution in [2.45, 2.75) is 5.37 Å². The van der Waals surface area contributed by atoms with Gasteiger partial charge in [0.2, 0.25) is 5.91 Å². The third-order valence-corrected chi connectivity index (χ3v) is 6.17. The second kappa shape index (κ2) is 9.31. The van der Waals surface area contributed by atoms with Gasteiger partial charge in [0.15, 0.2) is 0 Å². The van der Waals surface area contributed by atoms with Crippen LogP contribution in [0.1, 0.15) is 21.3 Å². The third kappa shape index (κ3) is 4.54. The van der Waals surface area contributed by atoms with Crippen LogP contribution in [0.15, 0.2) is 72.8 Å². The van der Waals surface area contributed by atoms with E-state index in [0.29, 0.717) is 17.2 Å². The minimum atomic E-state index is -0.425. The summed E-state index contributed by atoms with van der Waals surface area (Å²) in [7, 11) is 1.58. The van der Waals surface area contributed by atoms with Crippen LogP contribution in [0.25, 0.3) is 0 Å². The van der Waals surface area contributed by atoms with E-state index in [2.05, 4.69) is 5.32 Å². The fraction of sp³-hybridized carbons (Fsp3) is 0.130. The topological polar surface area (TPSA) is 105 Å². The van der Waals surface area contributed by atoms with E-state index in [1.54, 1.807) is 24.1 Å². The van der Waals surface area contributed by atoms with E-state index in [1.807, 2.05) is 42.5 Å². The Labute approximate surface area is 188 Å². The number of nitrogens with zero attached hydrogens (tertiary/aromatic N) is 2. The predicted molar refractivity (Wildman–Crippen MR) is 124 cm³/mol. The van der Waals surface area contributed by atoms with Crippen LogP contribution in [0, 0.1) is 5.21 Å². The van der Waals surface area contributed by atoms with E-state index < -0.39 is 5.91 Å². The summed E-state index contributed by atoms with van der Waals surface area (Å²) in [4.78, 5) is 27.0. The monoisotopic (exact) mass is 450 g/mol. The van der Waals surface area contributed by atoms with Gasteiger partial charge in [-0.05, 0) is 48.0 Å². The van der Waals surface area contributed by atoms with Crippen molar-refractivity contribution in [3.05, 3.63) is 89.1 Å². The van der Waals surface area contributed by atoms with Crippen LogP contribution in [0.4, 0.5) is 17.1 Å². The Bertz CT molecular complexity index is 1150. The molecule has 9 heteroatoms. The molecule has 32 heavy (non-hydrogen) atoms. The Kier molecular flexibility index (Phi) is 6.31. The van der Waals surface area contributed by atoms with Crippen LogP contribution >= 0.6 is 11.8 Å². The summed E-state index contributed by atoms with van der Waals surface area (Å²) in [6.07, 6.45) is 0. The molecule has 2 amide bonds. The van der Waals surface area contributed by atoms with Crippen molar-refractivity contribution in [1.29, 1.82) is 0 Å². The van der Waals surface area contributed by atoms with E-state index in [4.69, 9.17) is 9.94 Å². The highest BCUT2D eigenvalue weighted by Crippen LogP contribution is 2.42. The molecule has 1 aliphatic heterocycles. The standard InChI is InChI=1S/C23H20N3O5S/c1-31-20-10-4-8-18(13-20)25-21(27)14-32-23(25)16-6-2-7-17(11-16)24-22(28)15-5-3-9-19(12-15)26(29)30/h2-13,23,29H,14H2,1H3,(H,24,28)/q-1. The van der Waals surface area contributed by atoms with E-state index in [9.17, 15) is 14.8 Å². The molecular formula is C23H20N3O5S-. The van der Waals surface area contributed by atoms with Gasteiger partial charge in [0.25, 0.3) is 5.91 Å². The number of anilines is 3. The highest BCUT2D eigenvalue weighted by Gasteiger charge is 2.34. The summed E-state index contributed by atoms with van der Waals surface area (Å²) in [6, 6.07) is 20.3. The molecule has 0 bridgehead atoms. The zero-order chi connectivity index (χ0) is 22.7. The summed E-state index contributed by atoms with van der Waals surface area (Å²) in [5.74, 6) is 0.572. The molecule has 1 saturated heterocycles. The average molecular weight is 450 g/mol. The van der Waals surface area contributed by atoms with Gasteiger partial charge in [-0.3, -0.25) is 19.7 Å². The van der Waals surface area contributed by atoms with Crippen molar-refractivity contribution < 1.29 is 19.5 Å². The van der Waals surface area contributed by atoms with Crippen molar-refractivity contribution in [3.63, 3.8) is 0 Å². The summed E-state index contributed by atoms with van der Waals surface area (Å²) >= 11 is 1.50. The number of hydrogen-bond acceptors (Lipinski definition) is 7. The van der Waals surface area contributed by atoms with Crippen LogP contribution in [-0.2, 0) is 4.79 Å². The molecule has 1 heterocycles. The van der Waals surface area contributed by atoms with E-state index in [0.717, 1.165) is 11.3 Å². The van der Waals surface area contributed by atoms with Gasteiger partial charge in [0, 0.05) is 23.0 Å². The lowest BCUT2D eigenvalue weighted by atomic mass is 10.1. The summed E-state index contributed by atoms with van der Waals surface area (Å²) in [6.45, 7) is 0. The second-order valence-electron chi connectivity index (χ2n) is 7.03. The summed E-state index contributed by atoms with van der Waals surface area (Å²) in [5.41, 5.74) is 2.33. The van der Waals surface area contributed by atoms with Gasteiger partial charge < -0.3 is 20.5 Å². The smallest absolute Gasteiger partial charge is 0.255 e. The average Bonchev–Trinajstić information content (AvgIpc) is 3.20. The van der Waals surface area contributed by atoms with E-state index in [1.165, 1.54) is 30.0 Å². The third-order valence-electron chi connectivity index (χ3n) is 4.96. The maximum absolute atomic E-state index is 12.6. The lowest BCUT2D eigenvalue weighted by Gasteiger charge is -2.25. The minimum Gasteiger partial charge on any atom is -0.733 e. The molecule has 0 radical (unpaired) electrons. The van der Waals surface area contributed by atoms with Crippen molar-refractivity contribution in [2.24, 2.45) is 0 Å². The van der Waals surface area contributed by atoms with Crippen LogP contribution in [0.2, 0.25) is 0 Å². The van der Waals surface area contributed by atoms with Gasteiger partial charge >= 0.3 is 0 Å². The second-order valence-corrected chi connectivity index (χ2v) is 8.10. The maximum Gasteiger partial charge on any atom is 0.255 e. The number of carbonyl (C=O) groups excluding carboxylic acids is 2. The molecule has 2 N–H and O–H groups in total. The van der Waals surface area contributed by atoms with Crippen molar-refractivity contribution in [2.75, 3.05) is 28.3 Å². The fourth-order valence-electron chi connectivity index (χ4n) is 3.45. The Morgan fingerprint density at radius 2 is 1.94 bits per heavy atom. The van der Waals surface area contributed by atoms with Crippen molar-refractivity contribution in [1.82, 2.24) is 0 Å². The number of nitrogens with one attached hydrogen (secondary N) is 1. The molecule has 1 atom stereocenters. The molecule has 0 saturated carbocycles. The number of benzene rings is 3. The largest absolute Gasteiger partial charge is 0.733 e. The highest BCUT2D eigenvalue weighted by atomic mass is 32.2. The van der Waals surface area contributed by atoms with Crippen LogP contribution in [0.3, 0.4) is 0 Å². The summed E-state index contributed by atoms with van der Waals surface area (Å²) < 4.78 is 5.29. The molecule has 4 rings (SSSR count). The van der Waals surface area contributed by atoms with Gasteiger partial charge in [0.05, 0.1) is 18.6 Å². The Balaban J connectivity index is 1.57. The Morgan fingerprint density at radius 3 is 2.72 bits per heavy atom.